The third kappa shape index (κ3) is 2.61. The Morgan fingerprint density at radius 1 is 1.21 bits per heavy atom. The van der Waals surface area contributed by atoms with Crippen LogP contribution < -0.4 is 4.74 Å². The number of aliphatic hydroxyl groups excluding tert-OH is 1. The normalized spacial score (nSPS) is 17.3. The van der Waals surface area contributed by atoms with Crippen molar-refractivity contribution in [1.82, 2.24) is 0 Å². The molecule has 2 aromatic carbocycles. The van der Waals surface area contributed by atoms with E-state index in [9.17, 15) is 9.50 Å². The molecule has 1 aliphatic carbocycles. The minimum Gasteiger partial charge on any atom is -0.489 e. The van der Waals surface area contributed by atoms with Crippen LogP contribution in [0.15, 0.2) is 42.5 Å². The third-order valence-corrected chi connectivity index (χ3v) is 3.46. The molecule has 0 spiro atoms. The lowest BCUT2D eigenvalue weighted by Crippen LogP contribution is -1.97. The molecule has 1 atom stereocenters. The molecule has 0 bridgehead atoms. The van der Waals surface area contributed by atoms with Crippen LogP contribution >= 0.6 is 0 Å². The molecule has 19 heavy (non-hydrogen) atoms. The summed E-state index contributed by atoms with van der Waals surface area (Å²) in [5.74, 6) is 0.510. The van der Waals surface area contributed by atoms with E-state index in [2.05, 4.69) is 0 Å². The van der Waals surface area contributed by atoms with Crippen LogP contribution in [0.1, 0.15) is 29.2 Å². The SMILES string of the molecule is OC1CCc2cc(OCc3cccc(F)c3)ccc21. The molecule has 3 heteroatoms. The summed E-state index contributed by atoms with van der Waals surface area (Å²) >= 11 is 0. The van der Waals surface area contributed by atoms with Crippen LogP contribution in [0.25, 0.3) is 0 Å². The van der Waals surface area contributed by atoms with Gasteiger partial charge in [0.15, 0.2) is 0 Å². The maximum atomic E-state index is 13.0. The number of rotatable bonds is 3. The van der Waals surface area contributed by atoms with E-state index in [-0.39, 0.29) is 11.9 Å². The number of benzene rings is 2. The highest BCUT2D eigenvalue weighted by Crippen LogP contribution is 2.33. The molecule has 1 unspecified atom stereocenters. The average molecular weight is 258 g/mol. The van der Waals surface area contributed by atoms with Crippen molar-refractivity contribution in [3.8, 4) is 5.75 Å². The number of halogens is 1. The fraction of sp³-hybridized carbons (Fsp3) is 0.250. The molecule has 98 valence electrons. The minimum atomic E-state index is -0.340. The summed E-state index contributed by atoms with van der Waals surface area (Å²) < 4.78 is 18.7. The highest BCUT2D eigenvalue weighted by atomic mass is 19.1. The first-order valence-corrected chi connectivity index (χ1v) is 6.40. The molecular weight excluding hydrogens is 243 g/mol. The predicted molar refractivity (Wildman–Crippen MR) is 70.5 cm³/mol. The Balaban J connectivity index is 1.71. The number of ether oxygens (including phenoxy) is 1. The maximum Gasteiger partial charge on any atom is 0.123 e. The van der Waals surface area contributed by atoms with Crippen molar-refractivity contribution in [2.45, 2.75) is 25.6 Å². The van der Waals surface area contributed by atoms with Crippen LogP contribution in [0.3, 0.4) is 0 Å². The van der Waals surface area contributed by atoms with E-state index >= 15 is 0 Å². The second-order valence-electron chi connectivity index (χ2n) is 4.83. The van der Waals surface area contributed by atoms with E-state index in [0.29, 0.717) is 6.61 Å². The molecule has 0 radical (unpaired) electrons. The topological polar surface area (TPSA) is 29.5 Å². The van der Waals surface area contributed by atoms with E-state index in [0.717, 1.165) is 35.3 Å². The largest absolute Gasteiger partial charge is 0.489 e. The molecule has 0 saturated heterocycles. The molecule has 1 N–H and O–H groups in total. The average Bonchev–Trinajstić information content (AvgIpc) is 2.78. The van der Waals surface area contributed by atoms with E-state index in [1.807, 2.05) is 24.3 Å². The van der Waals surface area contributed by atoms with Gasteiger partial charge in [0.05, 0.1) is 6.10 Å². The van der Waals surface area contributed by atoms with Gasteiger partial charge in [-0.15, -0.1) is 0 Å². The number of fused-ring (bicyclic) bond motifs is 1. The Morgan fingerprint density at radius 3 is 2.95 bits per heavy atom. The fourth-order valence-electron chi connectivity index (χ4n) is 2.45. The summed E-state index contributed by atoms with van der Waals surface area (Å²) in [5.41, 5.74) is 2.95. The van der Waals surface area contributed by atoms with Crippen molar-refractivity contribution >= 4 is 0 Å². The first-order valence-electron chi connectivity index (χ1n) is 6.40. The Hall–Kier alpha value is -1.87. The Bertz CT molecular complexity index is 595. The van der Waals surface area contributed by atoms with Crippen molar-refractivity contribution in [2.24, 2.45) is 0 Å². The summed E-state index contributed by atoms with van der Waals surface area (Å²) in [6.07, 6.45) is 1.32. The first kappa shape index (κ1) is 12.2. The van der Waals surface area contributed by atoms with Gasteiger partial charge in [0, 0.05) is 0 Å². The van der Waals surface area contributed by atoms with Gasteiger partial charge in [-0.3, -0.25) is 0 Å². The van der Waals surface area contributed by atoms with Crippen LogP contribution in [0.5, 0.6) is 5.75 Å². The van der Waals surface area contributed by atoms with Gasteiger partial charge in [-0.1, -0.05) is 18.2 Å². The van der Waals surface area contributed by atoms with Crippen molar-refractivity contribution in [2.75, 3.05) is 0 Å². The lowest BCUT2D eigenvalue weighted by molar-refractivity contribution is 0.180. The molecule has 2 nitrogen and oxygen atoms in total. The summed E-state index contributed by atoms with van der Waals surface area (Å²) in [4.78, 5) is 0. The number of aryl methyl sites for hydroxylation is 1. The molecule has 0 fully saturated rings. The summed E-state index contributed by atoms with van der Waals surface area (Å²) in [5, 5.41) is 9.73. The predicted octanol–water partition coefficient (Wildman–Crippen LogP) is 3.38. The van der Waals surface area contributed by atoms with E-state index < -0.39 is 0 Å². The molecule has 3 rings (SSSR count). The van der Waals surface area contributed by atoms with Gasteiger partial charge in [0.25, 0.3) is 0 Å². The molecule has 1 aliphatic rings. The van der Waals surface area contributed by atoms with Crippen molar-refractivity contribution in [3.63, 3.8) is 0 Å². The van der Waals surface area contributed by atoms with Gasteiger partial charge in [0.2, 0.25) is 0 Å². The smallest absolute Gasteiger partial charge is 0.123 e. The van der Waals surface area contributed by atoms with Crippen LogP contribution in [0, 0.1) is 5.82 Å². The maximum absolute atomic E-state index is 13.0. The standard InChI is InChI=1S/C16H15FO2/c17-13-3-1-2-11(8-13)10-19-14-5-6-15-12(9-14)4-7-16(15)18/h1-3,5-6,8-9,16,18H,4,7,10H2. The van der Waals surface area contributed by atoms with Gasteiger partial charge in [0.1, 0.15) is 18.2 Å². The number of aliphatic hydroxyl groups is 1. The summed E-state index contributed by atoms with van der Waals surface area (Å²) in [6, 6.07) is 12.1. The van der Waals surface area contributed by atoms with Gasteiger partial charge in [-0.05, 0) is 53.8 Å². The Labute approximate surface area is 111 Å². The Kier molecular flexibility index (Phi) is 3.22. The molecule has 0 aliphatic heterocycles. The monoisotopic (exact) mass is 258 g/mol. The quantitative estimate of drug-likeness (QED) is 0.914. The zero-order chi connectivity index (χ0) is 13.2. The first-order chi connectivity index (χ1) is 9.22. The lowest BCUT2D eigenvalue weighted by atomic mass is 10.1. The zero-order valence-electron chi connectivity index (χ0n) is 10.5. The molecule has 0 amide bonds. The molecule has 0 aromatic heterocycles. The van der Waals surface area contributed by atoms with Crippen LogP contribution in [-0.2, 0) is 13.0 Å². The summed E-state index contributed by atoms with van der Waals surface area (Å²) in [7, 11) is 0. The third-order valence-electron chi connectivity index (χ3n) is 3.46. The second-order valence-corrected chi connectivity index (χ2v) is 4.83. The van der Waals surface area contributed by atoms with Crippen LogP contribution in [0.4, 0.5) is 4.39 Å². The van der Waals surface area contributed by atoms with Gasteiger partial charge in [-0.25, -0.2) is 4.39 Å². The highest BCUT2D eigenvalue weighted by molar-refractivity contribution is 5.40. The minimum absolute atomic E-state index is 0.252. The molecular formula is C16H15FO2. The van der Waals surface area contributed by atoms with E-state index in [1.54, 1.807) is 6.07 Å². The van der Waals surface area contributed by atoms with Crippen LogP contribution in [-0.4, -0.2) is 5.11 Å². The second kappa shape index (κ2) is 5.02. The fourth-order valence-corrected chi connectivity index (χ4v) is 2.45. The van der Waals surface area contributed by atoms with Gasteiger partial charge in [-0.2, -0.15) is 0 Å². The lowest BCUT2D eigenvalue weighted by Gasteiger charge is -2.09. The van der Waals surface area contributed by atoms with Crippen LogP contribution in [0.2, 0.25) is 0 Å². The van der Waals surface area contributed by atoms with E-state index in [1.165, 1.54) is 12.1 Å². The number of hydrogen-bond acceptors (Lipinski definition) is 2. The molecule has 0 saturated carbocycles. The van der Waals surface area contributed by atoms with Gasteiger partial charge >= 0.3 is 0 Å². The van der Waals surface area contributed by atoms with Crippen molar-refractivity contribution < 1.29 is 14.2 Å². The Morgan fingerprint density at radius 2 is 2.11 bits per heavy atom. The molecule has 0 heterocycles. The van der Waals surface area contributed by atoms with Gasteiger partial charge < -0.3 is 9.84 Å². The van der Waals surface area contributed by atoms with Crippen molar-refractivity contribution in [3.05, 3.63) is 65.0 Å². The number of hydrogen-bond donors (Lipinski definition) is 1. The summed E-state index contributed by atoms with van der Waals surface area (Å²) in [6.45, 7) is 0.346. The van der Waals surface area contributed by atoms with E-state index in [4.69, 9.17) is 4.74 Å². The van der Waals surface area contributed by atoms with Crippen molar-refractivity contribution in [1.29, 1.82) is 0 Å². The highest BCUT2D eigenvalue weighted by Gasteiger charge is 2.20. The zero-order valence-corrected chi connectivity index (χ0v) is 10.5. The molecule has 2 aromatic rings.